The summed E-state index contributed by atoms with van der Waals surface area (Å²) in [6.07, 6.45) is 0. The van der Waals surface area contributed by atoms with Gasteiger partial charge in [-0.05, 0) is 24.4 Å². The number of rotatable bonds is 2. The zero-order valence-corrected chi connectivity index (χ0v) is 8.80. The maximum Gasteiger partial charge on any atom is 0.261 e. The molecule has 2 rings (SSSR count). The highest BCUT2D eigenvalue weighted by Gasteiger charge is 2.08. The lowest BCUT2D eigenvalue weighted by molar-refractivity contribution is 0.0960. The van der Waals surface area contributed by atoms with Crippen LogP contribution in [-0.4, -0.2) is 12.5 Å². The Morgan fingerprint density at radius 2 is 2.38 bits per heavy atom. The van der Waals surface area contributed by atoms with Gasteiger partial charge in [0.05, 0.1) is 4.88 Å². The maximum absolute atomic E-state index is 11.4. The fourth-order valence-electron chi connectivity index (χ4n) is 1.13. The first-order chi connectivity index (χ1) is 6.31. The van der Waals surface area contributed by atoms with E-state index in [1.807, 2.05) is 24.4 Å². The molecule has 68 valence electrons. The van der Waals surface area contributed by atoms with Gasteiger partial charge in [-0.1, -0.05) is 0 Å². The van der Waals surface area contributed by atoms with Crippen molar-refractivity contribution in [3.05, 3.63) is 22.4 Å². The third kappa shape index (κ3) is 1.59. The molecule has 0 bridgehead atoms. The molecule has 0 unspecified atom stereocenters. The van der Waals surface area contributed by atoms with Crippen molar-refractivity contribution < 1.29 is 4.79 Å². The van der Waals surface area contributed by atoms with Crippen molar-refractivity contribution in [1.82, 2.24) is 5.32 Å². The molecule has 4 heteroatoms. The SMILES string of the molecule is CCNC(=O)c1cc2sccc2s1. The molecule has 1 amide bonds. The second-order valence-corrected chi connectivity index (χ2v) is 4.65. The van der Waals surface area contributed by atoms with Crippen LogP contribution in [0.15, 0.2) is 17.5 Å². The van der Waals surface area contributed by atoms with Crippen LogP contribution in [0.1, 0.15) is 16.6 Å². The number of amides is 1. The third-order valence-electron chi connectivity index (χ3n) is 1.70. The molecular weight excluding hydrogens is 202 g/mol. The lowest BCUT2D eigenvalue weighted by Crippen LogP contribution is -2.21. The molecule has 0 aliphatic rings. The lowest BCUT2D eigenvalue weighted by atomic mass is 10.4. The van der Waals surface area contributed by atoms with Gasteiger partial charge in [0.25, 0.3) is 5.91 Å². The Hall–Kier alpha value is -0.870. The Morgan fingerprint density at radius 1 is 1.54 bits per heavy atom. The van der Waals surface area contributed by atoms with Crippen LogP contribution in [0.2, 0.25) is 0 Å². The largest absolute Gasteiger partial charge is 0.352 e. The van der Waals surface area contributed by atoms with E-state index in [1.54, 1.807) is 22.7 Å². The normalized spacial score (nSPS) is 10.5. The third-order valence-corrected chi connectivity index (χ3v) is 3.79. The summed E-state index contributed by atoms with van der Waals surface area (Å²) in [5, 5.41) is 4.83. The molecule has 0 aliphatic heterocycles. The van der Waals surface area contributed by atoms with Crippen molar-refractivity contribution in [3.8, 4) is 0 Å². The number of carbonyl (C=O) groups is 1. The monoisotopic (exact) mass is 211 g/mol. The van der Waals surface area contributed by atoms with Crippen LogP contribution in [-0.2, 0) is 0 Å². The first kappa shape index (κ1) is 8.72. The van der Waals surface area contributed by atoms with Gasteiger partial charge in [-0.2, -0.15) is 0 Å². The molecule has 0 aromatic carbocycles. The first-order valence-electron chi connectivity index (χ1n) is 4.06. The van der Waals surface area contributed by atoms with Gasteiger partial charge in [0, 0.05) is 15.9 Å². The van der Waals surface area contributed by atoms with E-state index in [4.69, 9.17) is 0 Å². The zero-order chi connectivity index (χ0) is 9.26. The molecule has 2 nitrogen and oxygen atoms in total. The van der Waals surface area contributed by atoms with Gasteiger partial charge in [0.1, 0.15) is 0 Å². The molecule has 2 aromatic heterocycles. The van der Waals surface area contributed by atoms with Crippen LogP contribution in [0.4, 0.5) is 0 Å². The topological polar surface area (TPSA) is 29.1 Å². The van der Waals surface area contributed by atoms with Crippen LogP contribution in [0.5, 0.6) is 0 Å². The van der Waals surface area contributed by atoms with E-state index in [0.29, 0.717) is 6.54 Å². The predicted molar refractivity (Wildman–Crippen MR) is 57.7 cm³/mol. The summed E-state index contributed by atoms with van der Waals surface area (Å²) >= 11 is 3.22. The molecule has 0 atom stereocenters. The van der Waals surface area contributed by atoms with E-state index in [0.717, 1.165) is 4.88 Å². The number of carbonyl (C=O) groups excluding carboxylic acids is 1. The first-order valence-corrected chi connectivity index (χ1v) is 5.76. The summed E-state index contributed by atoms with van der Waals surface area (Å²) in [7, 11) is 0. The van der Waals surface area contributed by atoms with Crippen molar-refractivity contribution in [2.24, 2.45) is 0 Å². The summed E-state index contributed by atoms with van der Waals surface area (Å²) < 4.78 is 2.40. The quantitative estimate of drug-likeness (QED) is 0.813. The van der Waals surface area contributed by atoms with Gasteiger partial charge >= 0.3 is 0 Å². The number of nitrogens with one attached hydrogen (secondary N) is 1. The molecular formula is C9H9NOS2. The lowest BCUT2D eigenvalue weighted by Gasteiger charge is -1.96. The zero-order valence-electron chi connectivity index (χ0n) is 7.16. The summed E-state index contributed by atoms with van der Waals surface area (Å²) in [5.41, 5.74) is 0. The molecule has 0 saturated carbocycles. The summed E-state index contributed by atoms with van der Waals surface area (Å²) in [6, 6.07) is 4.00. The average Bonchev–Trinajstić information content (AvgIpc) is 2.61. The second kappa shape index (κ2) is 3.47. The Bertz CT molecular complexity index is 401. The molecule has 2 heterocycles. The minimum absolute atomic E-state index is 0.0379. The van der Waals surface area contributed by atoms with Gasteiger partial charge < -0.3 is 5.32 Å². The van der Waals surface area contributed by atoms with E-state index in [-0.39, 0.29) is 5.91 Å². The van der Waals surface area contributed by atoms with Crippen molar-refractivity contribution in [2.45, 2.75) is 6.92 Å². The molecule has 0 aliphatic carbocycles. The number of hydrogen-bond acceptors (Lipinski definition) is 3. The second-order valence-electron chi connectivity index (χ2n) is 2.62. The Balaban J connectivity index is 2.34. The van der Waals surface area contributed by atoms with E-state index >= 15 is 0 Å². The van der Waals surface area contributed by atoms with Crippen molar-refractivity contribution in [3.63, 3.8) is 0 Å². The van der Waals surface area contributed by atoms with Gasteiger partial charge in [-0.3, -0.25) is 4.79 Å². The molecule has 0 spiro atoms. The molecule has 0 saturated heterocycles. The Labute approximate surface area is 84.2 Å². The smallest absolute Gasteiger partial charge is 0.261 e. The predicted octanol–water partition coefficient (Wildman–Crippen LogP) is 2.71. The van der Waals surface area contributed by atoms with E-state index in [9.17, 15) is 4.79 Å². The fourth-order valence-corrected chi connectivity index (χ4v) is 3.15. The molecule has 13 heavy (non-hydrogen) atoms. The molecule has 2 aromatic rings. The number of thiophene rings is 2. The van der Waals surface area contributed by atoms with Crippen LogP contribution in [0.25, 0.3) is 9.40 Å². The van der Waals surface area contributed by atoms with Crippen LogP contribution in [0.3, 0.4) is 0 Å². The van der Waals surface area contributed by atoms with Crippen LogP contribution in [0, 0.1) is 0 Å². The standard InChI is InChI=1S/C9H9NOS2/c1-2-10-9(11)8-5-7-6(13-8)3-4-12-7/h3-5H,2H2,1H3,(H,10,11). The molecule has 0 radical (unpaired) electrons. The Morgan fingerprint density at radius 3 is 3.08 bits per heavy atom. The van der Waals surface area contributed by atoms with E-state index < -0.39 is 0 Å². The van der Waals surface area contributed by atoms with Crippen LogP contribution >= 0.6 is 22.7 Å². The highest BCUT2D eigenvalue weighted by atomic mass is 32.1. The molecule has 1 N–H and O–H groups in total. The summed E-state index contributed by atoms with van der Waals surface area (Å²) in [4.78, 5) is 12.2. The minimum Gasteiger partial charge on any atom is -0.352 e. The highest BCUT2D eigenvalue weighted by Crippen LogP contribution is 2.29. The van der Waals surface area contributed by atoms with Gasteiger partial charge in [0.15, 0.2) is 0 Å². The van der Waals surface area contributed by atoms with Crippen LogP contribution < -0.4 is 5.32 Å². The minimum atomic E-state index is 0.0379. The van der Waals surface area contributed by atoms with Crippen molar-refractivity contribution >= 4 is 38.0 Å². The fraction of sp³-hybridized carbons (Fsp3) is 0.222. The maximum atomic E-state index is 11.4. The van der Waals surface area contributed by atoms with E-state index in [1.165, 1.54) is 9.40 Å². The van der Waals surface area contributed by atoms with Gasteiger partial charge in [0.2, 0.25) is 0 Å². The van der Waals surface area contributed by atoms with E-state index in [2.05, 4.69) is 5.32 Å². The average molecular weight is 211 g/mol. The van der Waals surface area contributed by atoms with Crippen molar-refractivity contribution in [1.29, 1.82) is 0 Å². The highest BCUT2D eigenvalue weighted by molar-refractivity contribution is 7.27. The number of hydrogen-bond donors (Lipinski definition) is 1. The van der Waals surface area contributed by atoms with Crippen molar-refractivity contribution in [2.75, 3.05) is 6.54 Å². The Kier molecular flexibility index (Phi) is 2.33. The molecule has 0 fully saturated rings. The summed E-state index contributed by atoms with van der Waals surface area (Å²) in [5.74, 6) is 0.0379. The van der Waals surface area contributed by atoms with Gasteiger partial charge in [-0.25, -0.2) is 0 Å². The van der Waals surface area contributed by atoms with Gasteiger partial charge in [-0.15, -0.1) is 22.7 Å². The number of fused-ring (bicyclic) bond motifs is 1. The summed E-state index contributed by atoms with van der Waals surface area (Å²) in [6.45, 7) is 2.61.